The zero-order valence-electron chi connectivity index (χ0n) is 19.4. The molecule has 1 aromatic heterocycles. The molecule has 3 nitrogen and oxygen atoms in total. The molecule has 2 saturated heterocycles. The number of likely N-dealkylation sites (tertiary alicyclic amines) is 2. The molecule has 2 aliphatic heterocycles. The molecule has 3 aliphatic rings. The van der Waals surface area contributed by atoms with Gasteiger partial charge in [0, 0.05) is 42.1 Å². The Balaban J connectivity index is 1.19. The topological polar surface area (TPSA) is 26.7 Å². The van der Waals surface area contributed by atoms with Gasteiger partial charge in [-0.25, -0.2) is 0 Å². The van der Waals surface area contributed by atoms with Crippen molar-refractivity contribution >= 4 is 34.5 Å². The minimum absolute atomic E-state index is 0.355. The Morgan fingerprint density at radius 3 is 2.52 bits per heavy atom. The first-order valence-corrected chi connectivity index (χ1v) is 14.3. The molecule has 180 valence electrons. The van der Waals surface area contributed by atoms with Gasteiger partial charge >= 0.3 is 0 Å². The van der Waals surface area contributed by atoms with Crippen molar-refractivity contribution in [3.8, 4) is 0 Å². The zero-order valence-corrected chi connectivity index (χ0v) is 21.7. The number of aliphatic hydroxyl groups is 1. The van der Waals surface area contributed by atoms with Crippen molar-refractivity contribution in [3.05, 3.63) is 56.2 Å². The monoisotopic (exact) mass is 506 g/mol. The average Bonchev–Trinajstić information content (AvgIpc) is 3.53. The van der Waals surface area contributed by atoms with Crippen molar-refractivity contribution in [2.75, 3.05) is 32.7 Å². The van der Waals surface area contributed by atoms with E-state index in [1.165, 1.54) is 50.9 Å². The number of nitrogens with zero attached hydrogens (tertiary/aromatic N) is 2. The lowest BCUT2D eigenvalue weighted by Crippen LogP contribution is -2.40. The van der Waals surface area contributed by atoms with E-state index < -0.39 is 0 Å². The maximum Gasteiger partial charge on any atom is 0.0650 e. The smallest absolute Gasteiger partial charge is 0.0650 e. The molecule has 1 saturated carbocycles. The van der Waals surface area contributed by atoms with E-state index in [1.54, 1.807) is 0 Å². The molecule has 3 fully saturated rings. The maximum atomic E-state index is 10.8. The van der Waals surface area contributed by atoms with Gasteiger partial charge in [0.15, 0.2) is 0 Å². The normalized spacial score (nSPS) is 26.9. The van der Waals surface area contributed by atoms with Crippen molar-refractivity contribution in [2.24, 2.45) is 11.8 Å². The Morgan fingerprint density at radius 2 is 1.82 bits per heavy atom. The minimum Gasteiger partial charge on any atom is -0.390 e. The summed E-state index contributed by atoms with van der Waals surface area (Å²) in [6.07, 6.45) is 7.95. The van der Waals surface area contributed by atoms with Gasteiger partial charge in [-0.05, 0) is 97.1 Å². The molecule has 0 bridgehead atoms. The molecule has 0 amide bonds. The number of benzene rings is 1. The molecule has 1 aliphatic carbocycles. The largest absolute Gasteiger partial charge is 0.390 e. The second-order valence-electron chi connectivity index (χ2n) is 10.7. The minimum atomic E-state index is -0.355. The number of rotatable bonds is 7. The van der Waals surface area contributed by atoms with Gasteiger partial charge in [-0.2, -0.15) is 11.3 Å². The summed E-state index contributed by atoms with van der Waals surface area (Å²) < 4.78 is 0. The molecule has 0 radical (unpaired) electrons. The van der Waals surface area contributed by atoms with Crippen LogP contribution in [0.2, 0.25) is 10.0 Å². The van der Waals surface area contributed by atoms with Crippen molar-refractivity contribution in [2.45, 2.75) is 63.0 Å². The Bertz CT molecular complexity index is 907. The predicted octanol–water partition coefficient (Wildman–Crippen LogP) is 6.68. The van der Waals surface area contributed by atoms with Crippen molar-refractivity contribution in [3.63, 3.8) is 0 Å². The molecule has 33 heavy (non-hydrogen) atoms. The SMILES string of the molecule is OC1(CC2CCN(CC3CN(Cc4ccc(Cl)cc4Cl)C[C@@H]3c3ccsc3)CC2)CCCC1. The summed E-state index contributed by atoms with van der Waals surface area (Å²) in [5, 5.41) is 16.8. The van der Waals surface area contributed by atoms with E-state index in [0.29, 0.717) is 22.8 Å². The van der Waals surface area contributed by atoms with Crippen LogP contribution in [0.5, 0.6) is 0 Å². The summed E-state index contributed by atoms with van der Waals surface area (Å²) in [6.45, 7) is 6.60. The second kappa shape index (κ2) is 10.6. The van der Waals surface area contributed by atoms with Crippen LogP contribution in [0.15, 0.2) is 35.0 Å². The summed E-state index contributed by atoms with van der Waals surface area (Å²) in [5.41, 5.74) is 2.30. The van der Waals surface area contributed by atoms with E-state index in [9.17, 15) is 5.11 Å². The van der Waals surface area contributed by atoms with Gasteiger partial charge in [0.05, 0.1) is 5.60 Å². The highest BCUT2D eigenvalue weighted by molar-refractivity contribution is 7.08. The van der Waals surface area contributed by atoms with E-state index in [0.717, 1.165) is 49.5 Å². The van der Waals surface area contributed by atoms with E-state index in [4.69, 9.17) is 23.2 Å². The highest BCUT2D eigenvalue weighted by atomic mass is 35.5. The number of hydrogen-bond acceptors (Lipinski definition) is 4. The first-order chi connectivity index (χ1) is 16.0. The van der Waals surface area contributed by atoms with Crippen LogP contribution < -0.4 is 0 Å². The zero-order chi connectivity index (χ0) is 22.8. The van der Waals surface area contributed by atoms with Gasteiger partial charge in [-0.15, -0.1) is 0 Å². The molecule has 6 heteroatoms. The Labute approximate surface area is 212 Å². The molecule has 2 atom stereocenters. The molecule has 1 unspecified atom stereocenters. The first kappa shape index (κ1) is 24.1. The molecule has 5 rings (SSSR count). The fourth-order valence-electron chi connectivity index (χ4n) is 6.51. The number of halogens is 2. The molecule has 0 spiro atoms. The molecular formula is C27H36Cl2N2OS. The lowest BCUT2D eigenvalue weighted by atomic mass is 9.83. The summed E-state index contributed by atoms with van der Waals surface area (Å²) in [7, 11) is 0. The lowest BCUT2D eigenvalue weighted by Gasteiger charge is -2.37. The molecule has 1 N–H and O–H groups in total. The van der Waals surface area contributed by atoms with Crippen LogP contribution in [-0.2, 0) is 6.54 Å². The first-order valence-electron chi connectivity index (χ1n) is 12.6. The summed E-state index contributed by atoms with van der Waals surface area (Å²) >= 11 is 14.4. The van der Waals surface area contributed by atoms with Crippen molar-refractivity contribution in [1.29, 1.82) is 0 Å². The number of hydrogen-bond donors (Lipinski definition) is 1. The third-order valence-electron chi connectivity index (χ3n) is 8.30. The number of piperidine rings is 1. The van der Waals surface area contributed by atoms with Gasteiger partial charge < -0.3 is 10.0 Å². The molecular weight excluding hydrogens is 471 g/mol. The van der Waals surface area contributed by atoms with Crippen LogP contribution in [-0.4, -0.2) is 53.2 Å². The fourth-order valence-corrected chi connectivity index (χ4v) is 7.70. The van der Waals surface area contributed by atoms with Crippen LogP contribution in [0, 0.1) is 11.8 Å². The van der Waals surface area contributed by atoms with Gasteiger partial charge in [0.1, 0.15) is 0 Å². The fraction of sp³-hybridized carbons (Fsp3) is 0.630. The summed E-state index contributed by atoms with van der Waals surface area (Å²) in [6, 6.07) is 8.18. The van der Waals surface area contributed by atoms with Gasteiger partial charge in [-0.1, -0.05) is 42.1 Å². The highest BCUT2D eigenvalue weighted by Crippen LogP contribution is 2.39. The average molecular weight is 508 g/mol. The van der Waals surface area contributed by atoms with Gasteiger partial charge in [0.25, 0.3) is 0 Å². The quantitative estimate of drug-likeness (QED) is 0.453. The summed E-state index contributed by atoms with van der Waals surface area (Å²) in [4.78, 5) is 5.27. The third kappa shape index (κ3) is 5.97. The van der Waals surface area contributed by atoms with Crippen LogP contribution >= 0.6 is 34.5 Å². The lowest BCUT2D eigenvalue weighted by molar-refractivity contribution is 0.00978. The Morgan fingerprint density at radius 1 is 1.03 bits per heavy atom. The third-order valence-corrected chi connectivity index (χ3v) is 9.59. The highest BCUT2D eigenvalue weighted by Gasteiger charge is 2.38. The van der Waals surface area contributed by atoms with Crippen LogP contribution in [0.1, 0.15) is 62.0 Å². The molecule has 2 aromatic rings. The van der Waals surface area contributed by atoms with E-state index >= 15 is 0 Å². The second-order valence-corrected chi connectivity index (χ2v) is 12.4. The van der Waals surface area contributed by atoms with E-state index in [-0.39, 0.29) is 5.60 Å². The van der Waals surface area contributed by atoms with E-state index in [1.807, 2.05) is 23.5 Å². The molecule has 1 aromatic carbocycles. The maximum absolute atomic E-state index is 10.8. The Hall–Kier alpha value is -0.620. The predicted molar refractivity (Wildman–Crippen MR) is 139 cm³/mol. The summed E-state index contributed by atoms with van der Waals surface area (Å²) in [5.74, 6) is 1.92. The molecule has 3 heterocycles. The van der Waals surface area contributed by atoms with Gasteiger partial charge in [-0.3, -0.25) is 4.90 Å². The Kier molecular flexibility index (Phi) is 7.71. The van der Waals surface area contributed by atoms with Gasteiger partial charge in [0.2, 0.25) is 0 Å². The van der Waals surface area contributed by atoms with Crippen molar-refractivity contribution in [1.82, 2.24) is 9.80 Å². The van der Waals surface area contributed by atoms with Crippen molar-refractivity contribution < 1.29 is 5.11 Å². The van der Waals surface area contributed by atoms with E-state index in [2.05, 4.69) is 32.7 Å². The number of thiophene rings is 1. The standard InChI is InChI=1S/C27H36Cl2N2OS/c28-24-4-3-21(26(29)13-24)15-31-17-23(25(18-31)22-7-12-33-19-22)16-30-10-5-20(6-11-30)14-27(32)8-1-2-9-27/h3-4,7,12-13,19-20,23,25,32H,1-2,5-6,8-11,14-18H2/t23?,25-/m1/s1. The van der Waals surface area contributed by atoms with Crippen LogP contribution in [0.25, 0.3) is 0 Å². The van der Waals surface area contributed by atoms with Crippen LogP contribution in [0.4, 0.5) is 0 Å². The van der Waals surface area contributed by atoms with Crippen LogP contribution in [0.3, 0.4) is 0 Å².